The monoisotopic (exact) mass is 307 g/mol. The van der Waals surface area contributed by atoms with Crippen molar-refractivity contribution in [3.8, 4) is 5.75 Å². The molecule has 0 aliphatic heterocycles. The molecule has 1 aromatic heterocycles. The summed E-state index contributed by atoms with van der Waals surface area (Å²) in [6.07, 6.45) is 2.67. The minimum Gasteiger partial charge on any atom is -0.495 e. The van der Waals surface area contributed by atoms with Crippen molar-refractivity contribution in [2.24, 2.45) is 0 Å². The number of benzene rings is 1. The minimum atomic E-state index is -0.234. The second-order valence-corrected chi connectivity index (χ2v) is 5.62. The van der Waals surface area contributed by atoms with Crippen molar-refractivity contribution in [1.29, 1.82) is 0 Å². The Hall–Kier alpha value is -1.68. The van der Waals surface area contributed by atoms with Crippen molar-refractivity contribution >= 4 is 28.5 Å². The lowest BCUT2D eigenvalue weighted by Gasteiger charge is -2.21. The molecule has 1 aliphatic rings. The van der Waals surface area contributed by atoms with E-state index >= 15 is 0 Å². The number of hydrogen-bond donors (Lipinski definition) is 1. The Kier molecular flexibility index (Phi) is 3.81. The van der Waals surface area contributed by atoms with Gasteiger partial charge in [-0.1, -0.05) is 11.6 Å². The summed E-state index contributed by atoms with van der Waals surface area (Å²) in [5.74, 6) is 0.341. The Bertz CT molecular complexity index is 692. The van der Waals surface area contributed by atoms with Crippen LogP contribution in [0.15, 0.2) is 12.1 Å². The summed E-state index contributed by atoms with van der Waals surface area (Å²) in [5.41, 5.74) is 2.92. The number of nitrogens with one attached hydrogen (secondary N) is 1. The number of hydrogen-bond acceptors (Lipinski definition) is 3. The van der Waals surface area contributed by atoms with Crippen LogP contribution < -0.4 is 4.74 Å². The quantitative estimate of drug-likeness (QED) is 0.877. The second kappa shape index (κ2) is 5.60. The van der Waals surface area contributed by atoms with Gasteiger partial charge in [-0.2, -0.15) is 0 Å². The summed E-state index contributed by atoms with van der Waals surface area (Å²) in [4.78, 5) is 15.5. The van der Waals surface area contributed by atoms with E-state index in [1.54, 1.807) is 7.11 Å². The van der Waals surface area contributed by atoms with Gasteiger partial charge in [0.25, 0.3) is 0 Å². The molecule has 0 saturated heterocycles. The number of aryl methyl sites for hydroxylation is 1. The highest BCUT2D eigenvalue weighted by Gasteiger charge is 2.31. The highest BCUT2D eigenvalue weighted by atomic mass is 35.5. The molecule has 0 bridgehead atoms. The third-order valence-corrected chi connectivity index (χ3v) is 4.38. The molecule has 0 saturated carbocycles. The number of fused-ring (bicyclic) bond motifs is 3. The summed E-state index contributed by atoms with van der Waals surface area (Å²) in [6, 6.07) is 3.68. The molecular weight excluding hydrogens is 290 g/mol. The Morgan fingerprint density at radius 2 is 2.29 bits per heavy atom. The van der Waals surface area contributed by atoms with E-state index < -0.39 is 0 Å². The number of halogens is 1. The van der Waals surface area contributed by atoms with Gasteiger partial charge in [0.2, 0.25) is 0 Å². The van der Waals surface area contributed by atoms with Crippen molar-refractivity contribution in [3.63, 3.8) is 0 Å². The van der Waals surface area contributed by atoms with E-state index in [1.165, 1.54) is 0 Å². The van der Waals surface area contributed by atoms with Crippen LogP contribution in [0.1, 0.15) is 36.9 Å². The molecule has 1 heterocycles. The van der Waals surface area contributed by atoms with Crippen molar-refractivity contribution in [1.82, 2.24) is 4.98 Å². The maximum Gasteiger partial charge on any atom is 0.314 e. The molecule has 1 aromatic carbocycles. The first kappa shape index (κ1) is 14.3. The van der Waals surface area contributed by atoms with Crippen LogP contribution in [0, 0.1) is 0 Å². The van der Waals surface area contributed by atoms with E-state index in [2.05, 4.69) is 4.98 Å². The summed E-state index contributed by atoms with van der Waals surface area (Å²) >= 11 is 6.36. The molecule has 3 rings (SSSR count). The SMILES string of the molecule is CCOC(=O)C1CCCc2c1[nH]c1c(OC)ccc(Cl)c21. The molecule has 5 heteroatoms. The number of carbonyl (C=O) groups is 1. The van der Waals surface area contributed by atoms with Gasteiger partial charge in [-0.3, -0.25) is 4.79 Å². The van der Waals surface area contributed by atoms with E-state index in [0.29, 0.717) is 11.6 Å². The summed E-state index contributed by atoms with van der Waals surface area (Å²) in [7, 11) is 1.63. The molecule has 1 aliphatic carbocycles. The molecule has 0 radical (unpaired) electrons. The summed E-state index contributed by atoms with van der Waals surface area (Å²) in [6.45, 7) is 2.22. The molecule has 0 spiro atoms. The van der Waals surface area contributed by atoms with Gasteiger partial charge in [0.15, 0.2) is 0 Å². The molecule has 0 amide bonds. The lowest BCUT2D eigenvalue weighted by atomic mass is 9.87. The fourth-order valence-corrected chi connectivity index (χ4v) is 3.43. The zero-order valence-corrected chi connectivity index (χ0v) is 12.9. The lowest BCUT2D eigenvalue weighted by Crippen LogP contribution is -2.20. The van der Waals surface area contributed by atoms with E-state index in [4.69, 9.17) is 21.1 Å². The van der Waals surface area contributed by atoms with Crippen molar-refractivity contribution in [2.45, 2.75) is 32.1 Å². The second-order valence-electron chi connectivity index (χ2n) is 5.21. The average Bonchev–Trinajstić information content (AvgIpc) is 2.88. The first-order chi connectivity index (χ1) is 10.2. The topological polar surface area (TPSA) is 51.3 Å². The number of rotatable bonds is 3. The predicted octanol–water partition coefficient (Wildman–Crippen LogP) is 3.81. The van der Waals surface area contributed by atoms with Gasteiger partial charge in [-0.05, 0) is 43.9 Å². The molecular formula is C16H18ClNO3. The lowest BCUT2D eigenvalue weighted by molar-refractivity contribution is -0.145. The van der Waals surface area contributed by atoms with Crippen molar-refractivity contribution in [2.75, 3.05) is 13.7 Å². The van der Waals surface area contributed by atoms with Gasteiger partial charge >= 0.3 is 5.97 Å². The number of carbonyl (C=O) groups excluding carboxylic acids is 1. The van der Waals surface area contributed by atoms with Crippen LogP contribution in [-0.2, 0) is 16.0 Å². The third-order valence-electron chi connectivity index (χ3n) is 4.06. The molecule has 21 heavy (non-hydrogen) atoms. The number of esters is 1. The van der Waals surface area contributed by atoms with Gasteiger partial charge in [0.1, 0.15) is 5.75 Å². The van der Waals surface area contributed by atoms with Gasteiger partial charge in [0.05, 0.1) is 30.2 Å². The molecule has 4 nitrogen and oxygen atoms in total. The Labute approximate surface area is 128 Å². The Balaban J connectivity index is 2.18. The highest BCUT2D eigenvalue weighted by Crippen LogP contribution is 2.42. The van der Waals surface area contributed by atoms with Crippen LogP contribution >= 0.6 is 11.6 Å². The Morgan fingerprint density at radius 3 is 3.00 bits per heavy atom. The summed E-state index contributed by atoms with van der Waals surface area (Å²) < 4.78 is 10.6. The van der Waals surface area contributed by atoms with Crippen LogP contribution in [0.2, 0.25) is 5.02 Å². The Morgan fingerprint density at radius 1 is 1.48 bits per heavy atom. The molecule has 1 atom stereocenters. The number of aromatic nitrogens is 1. The zero-order valence-electron chi connectivity index (χ0n) is 12.2. The van der Waals surface area contributed by atoms with Crippen molar-refractivity contribution < 1.29 is 14.3 Å². The maximum atomic E-state index is 12.2. The van der Waals surface area contributed by atoms with E-state index in [9.17, 15) is 4.79 Å². The van der Waals surface area contributed by atoms with Crippen molar-refractivity contribution in [3.05, 3.63) is 28.4 Å². The summed E-state index contributed by atoms with van der Waals surface area (Å²) in [5, 5.41) is 1.66. The van der Waals surface area contributed by atoms with Crippen LogP contribution in [0.5, 0.6) is 5.75 Å². The van der Waals surface area contributed by atoms with Crippen LogP contribution in [0.3, 0.4) is 0 Å². The minimum absolute atomic E-state index is 0.167. The smallest absolute Gasteiger partial charge is 0.314 e. The molecule has 2 aromatic rings. The highest BCUT2D eigenvalue weighted by molar-refractivity contribution is 6.36. The van der Waals surface area contributed by atoms with Gasteiger partial charge in [-0.25, -0.2) is 0 Å². The predicted molar refractivity (Wildman–Crippen MR) is 82.2 cm³/mol. The van der Waals surface area contributed by atoms with Gasteiger partial charge in [0, 0.05) is 11.1 Å². The van der Waals surface area contributed by atoms with Crippen LogP contribution in [0.4, 0.5) is 0 Å². The van der Waals surface area contributed by atoms with Crippen LogP contribution in [-0.4, -0.2) is 24.7 Å². The van der Waals surface area contributed by atoms with Gasteiger partial charge in [-0.15, -0.1) is 0 Å². The standard InChI is InChI=1S/C16H18ClNO3/c1-3-21-16(19)10-6-4-5-9-13-11(17)7-8-12(20-2)15(13)18-14(9)10/h7-8,10,18H,3-6H2,1-2H3. The fourth-order valence-electron chi connectivity index (χ4n) is 3.16. The number of aromatic amines is 1. The molecule has 1 N–H and O–H groups in total. The maximum absolute atomic E-state index is 12.2. The fraction of sp³-hybridized carbons (Fsp3) is 0.438. The average molecular weight is 308 g/mol. The largest absolute Gasteiger partial charge is 0.495 e. The van der Waals surface area contributed by atoms with Gasteiger partial charge < -0.3 is 14.5 Å². The number of methoxy groups -OCH3 is 1. The number of H-pyrrole nitrogens is 1. The normalized spacial score (nSPS) is 17.6. The van der Waals surface area contributed by atoms with E-state index in [-0.39, 0.29) is 11.9 Å². The molecule has 0 fully saturated rings. The number of ether oxygens (including phenoxy) is 2. The first-order valence-electron chi connectivity index (χ1n) is 7.21. The molecule has 112 valence electrons. The van der Waals surface area contributed by atoms with E-state index in [1.807, 2.05) is 19.1 Å². The zero-order chi connectivity index (χ0) is 15.0. The van der Waals surface area contributed by atoms with E-state index in [0.717, 1.165) is 47.2 Å². The third kappa shape index (κ3) is 2.27. The van der Waals surface area contributed by atoms with Crippen LogP contribution in [0.25, 0.3) is 10.9 Å². The molecule has 1 unspecified atom stereocenters. The first-order valence-corrected chi connectivity index (χ1v) is 7.58.